The van der Waals surface area contributed by atoms with Gasteiger partial charge in [0.25, 0.3) is 5.91 Å². The van der Waals surface area contributed by atoms with Crippen LogP contribution in [-0.4, -0.2) is 31.5 Å². The van der Waals surface area contributed by atoms with E-state index < -0.39 is 39.5 Å². The lowest BCUT2D eigenvalue weighted by Crippen LogP contribution is -2.27. The van der Waals surface area contributed by atoms with Gasteiger partial charge in [-0.15, -0.1) is 4.40 Å². The quantitative estimate of drug-likeness (QED) is 0.618. The van der Waals surface area contributed by atoms with Crippen molar-refractivity contribution in [2.45, 2.75) is 11.9 Å². The summed E-state index contributed by atoms with van der Waals surface area (Å²) in [5.74, 6) is -3.03. The van der Waals surface area contributed by atoms with Crippen LogP contribution in [0.1, 0.15) is 6.42 Å². The zero-order valence-corrected chi connectivity index (χ0v) is 7.65. The van der Waals surface area contributed by atoms with E-state index in [0.29, 0.717) is 0 Å². The number of halogens is 3. The monoisotopic (exact) mass is 244 g/mol. The zero-order chi connectivity index (χ0) is 11.9. The Bertz CT molecular complexity index is 431. The molecule has 1 fully saturated rings. The number of nitrogens with one attached hydrogen (secondary N) is 1. The first kappa shape index (κ1) is 11.6. The number of amides is 1. The van der Waals surface area contributed by atoms with Crippen LogP contribution < -0.4 is 5.32 Å². The van der Waals surface area contributed by atoms with Crippen molar-refractivity contribution in [2.75, 3.05) is 0 Å². The lowest BCUT2D eigenvalue weighted by molar-refractivity contribution is -0.134. The van der Waals surface area contributed by atoms with Crippen LogP contribution in [0.3, 0.4) is 0 Å². The molecule has 0 atom stereocenters. The van der Waals surface area contributed by atoms with Crippen LogP contribution in [0.5, 0.6) is 0 Å². The maximum atomic E-state index is 11.8. The summed E-state index contributed by atoms with van der Waals surface area (Å²) in [6.07, 6.45) is -0.770. The number of ketones is 1. The number of hydrogen-bond acceptors (Lipinski definition) is 4. The summed E-state index contributed by atoms with van der Waals surface area (Å²) in [5.41, 5.74) is -5.55. The topological polar surface area (TPSA) is 92.7 Å². The van der Waals surface area contributed by atoms with Gasteiger partial charge in [-0.1, -0.05) is 0 Å². The van der Waals surface area contributed by atoms with Crippen molar-refractivity contribution in [2.24, 2.45) is 4.40 Å². The Morgan fingerprint density at radius 1 is 1.27 bits per heavy atom. The Hall–Kier alpha value is -1.45. The second-order valence-corrected chi connectivity index (χ2v) is 4.11. The minimum atomic E-state index is -5.71. The van der Waals surface area contributed by atoms with Gasteiger partial charge < -0.3 is 5.32 Å². The smallest absolute Gasteiger partial charge is 0.306 e. The van der Waals surface area contributed by atoms with E-state index in [1.807, 2.05) is 0 Å². The van der Waals surface area contributed by atoms with Gasteiger partial charge in [0.05, 0.1) is 6.42 Å². The second kappa shape index (κ2) is 3.29. The van der Waals surface area contributed by atoms with Crippen LogP contribution in [0.2, 0.25) is 0 Å². The van der Waals surface area contributed by atoms with Crippen molar-refractivity contribution >= 4 is 27.5 Å². The van der Waals surface area contributed by atoms with Gasteiger partial charge in [0, 0.05) is 0 Å². The summed E-state index contributed by atoms with van der Waals surface area (Å²) < 4.78 is 58.5. The third-order valence-corrected chi connectivity index (χ3v) is 2.41. The van der Waals surface area contributed by atoms with Gasteiger partial charge in [0.1, 0.15) is 5.84 Å². The molecule has 0 radical (unpaired) electrons. The van der Waals surface area contributed by atoms with Gasteiger partial charge in [-0.25, -0.2) is 0 Å². The van der Waals surface area contributed by atoms with E-state index in [9.17, 15) is 31.2 Å². The number of carbonyl (C=O) groups is 2. The molecule has 1 amide bonds. The summed E-state index contributed by atoms with van der Waals surface area (Å²) in [7, 11) is -5.71. The molecule has 10 heteroatoms. The fraction of sp³-hybridized carbons (Fsp3) is 0.400. The molecule has 0 aromatic rings. The molecule has 1 rings (SSSR count). The van der Waals surface area contributed by atoms with Crippen molar-refractivity contribution in [1.82, 2.24) is 5.32 Å². The molecule has 6 nitrogen and oxygen atoms in total. The Balaban J connectivity index is 3.01. The van der Waals surface area contributed by atoms with E-state index in [1.54, 1.807) is 5.32 Å². The molecule has 0 aromatic heterocycles. The van der Waals surface area contributed by atoms with Crippen LogP contribution in [0.25, 0.3) is 0 Å². The number of alkyl halides is 3. The van der Waals surface area contributed by atoms with E-state index in [1.165, 1.54) is 0 Å². The number of nitrogens with zero attached hydrogens (tertiary/aromatic N) is 1. The molecule has 1 heterocycles. The molecule has 84 valence electrons. The van der Waals surface area contributed by atoms with E-state index in [-0.39, 0.29) is 0 Å². The highest BCUT2D eigenvalue weighted by Gasteiger charge is 2.47. The molecule has 1 aliphatic rings. The average molecular weight is 244 g/mol. The maximum Gasteiger partial charge on any atom is 0.518 e. The zero-order valence-electron chi connectivity index (χ0n) is 6.83. The molecule has 0 spiro atoms. The molecular formula is C5H3F3N2O4S. The van der Waals surface area contributed by atoms with Gasteiger partial charge in [-0.05, 0) is 0 Å². The number of carbonyl (C=O) groups excluding carboxylic acids is 2. The number of amidine groups is 1. The van der Waals surface area contributed by atoms with Crippen LogP contribution >= 0.6 is 0 Å². The lowest BCUT2D eigenvalue weighted by Gasteiger charge is -2.02. The Kier molecular flexibility index (Phi) is 2.55. The minimum Gasteiger partial charge on any atom is -0.306 e. The number of hydrogen-bond donors (Lipinski definition) is 1. The SMILES string of the molecule is O=C1CC(=NS(=O)(=O)C(F)(F)F)NC1=O. The summed E-state index contributed by atoms with van der Waals surface area (Å²) in [4.78, 5) is 21.1. The third-order valence-electron chi connectivity index (χ3n) is 1.36. The summed E-state index contributed by atoms with van der Waals surface area (Å²) in [6.45, 7) is 0. The van der Waals surface area contributed by atoms with Gasteiger partial charge in [-0.3, -0.25) is 9.59 Å². The normalized spacial score (nSPS) is 20.9. The van der Waals surface area contributed by atoms with Crippen molar-refractivity contribution < 1.29 is 31.2 Å². The van der Waals surface area contributed by atoms with Crippen molar-refractivity contribution in [3.05, 3.63) is 0 Å². The van der Waals surface area contributed by atoms with Gasteiger partial charge in [0.15, 0.2) is 0 Å². The van der Waals surface area contributed by atoms with Crippen molar-refractivity contribution in [1.29, 1.82) is 0 Å². The van der Waals surface area contributed by atoms with Gasteiger partial charge >= 0.3 is 15.5 Å². The largest absolute Gasteiger partial charge is 0.518 e. The lowest BCUT2D eigenvalue weighted by atomic mass is 10.3. The first-order chi connectivity index (χ1) is 6.63. The highest BCUT2D eigenvalue weighted by molar-refractivity contribution is 7.91. The Morgan fingerprint density at radius 2 is 1.80 bits per heavy atom. The van der Waals surface area contributed by atoms with E-state index in [2.05, 4.69) is 4.40 Å². The average Bonchev–Trinajstić information content (AvgIpc) is 2.27. The molecule has 0 aromatic carbocycles. The molecule has 0 unspecified atom stereocenters. The summed E-state index contributed by atoms with van der Waals surface area (Å²) >= 11 is 0. The first-order valence-electron chi connectivity index (χ1n) is 3.38. The standard InChI is InChI=1S/C5H3F3N2O4S/c6-5(7,8)15(13,14)10-3-1-2(11)4(12)9-3/h1H2,(H,9,10,12). The highest BCUT2D eigenvalue weighted by Crippen LogP contribution is 2.25. The fourth-order valence-electron chi connectivity index (χ4n) is 0.729. The molecule has 0 aliphatic carbocycles. The predicted octanol–water partition coefficient (Wildman–Crippen LogP) is -0.676. The van der Waals surface area contributed by atoms with Crippen molar-refractivity contribution in [3.8, 4) is 0 Å². The van der Waals surface area contributed by atoms with E-state index in [4.69, 9.17) is 0 Å². The Morgan fingerprint density at radius 3 is 2.13 bits per heavy atom. The van der Waals surface area contributed by atoms with Crippen LogP contribution in [0.4, 0.5) is 13.2 Å². The molecule has 0 bridgehead atoms. The third kappa shape index (κ3) is 2.32. The molecular weight excluding hydrogens is 241 g/mol. The fourth-order valence-corrected chi connectivity index (χ4v) is 1.23. The number of sulfonamides is 1. The van der Waals surface area contributed by atoms with E-state index in [0.717, 1.165) is 0 Å². The molecule has 1 aliphatic heterocycles. The minimum absolute atomic E-state index is 0.770. The Labute approximate surface area is 81.2 Å². The second-order valence-electron chi connectivity index (χ2n) is 2.51. The summed E-state index contributed by atoms with van der Waals surface area (Å²) in [5, 5.41) is 1.61. The highest BCUT2D eigenvalue weighted by atomic mass is 32.2. The molecule has 0 saturated carbocycles. The molecule has 1 N–H and O–H groups in total. The van der Waals surface area contributed by atoms with Gasteiger partial charge in [-0.2, -0.15) is 21.6 Å². The van der Waals surface area contributed by atoms with Gasteiger partial charge in [0.2, 0.25) is 5.78 Å². The number of Topliss-reactive ketones (excluding diaryl/α,β-unsaturated/α-hetero) is 1. The predicted molar refractivity (Wildman–Crippen MR) is 40.2 cm³/mol. The maximum absolute atomic E-state index is 11.8. The van der Waals surface area contributed by atoms with Crippen LogP contribution in [-0.2, 0) is 19.6 Å². The molecule has 15 heavy (non-hydrogen) atoms. The van der Waals surface area contributed by atoms with Crippen LogP contribution in [0, 0.1) is 0 Å². The van der Waals surface area contributed by atoms with E-state index >= 15 is 0 Å². The number of rotatable bonds is 1. The first-order valence-corrected chi connectivity index (χ1v) is 4.82. The summed E-state index contributed by atoms with van der Waals surface area (Å²) in [6, 6.07) is 0. The molecule has 1 saturated heterocycles. The van der Waals surface area contributed by atoms with Crippen molar-refractivity contribution in [3.63, 3.8) is 0 Å². The van der Waals surface area contributed by atoms with Crippen LogP contribution in [0.15, 0.2) is 4.40 Å².